The number of nitrogens with zero attached hydrogens (tertiary/aromatic N) is 2. The van der Waals surface area contributed by atoms with E-state index in [9.17, 15) is 9.59 Å². The SMILES string of the molecule is CCCOc1ccc(N2C[C@H](C(=O)N3CCCCC3)CC2=O)cc1. The average molecular weight is 330 g/mol. The average Bonchev–Trinajstić information content (AvgIpc) is 3.02. The minimum Gasteiger partial charge on any atom is -0.494 e. The molecule has 0 spiro atoms. The number of anilines is 1. The van der Waals surface area contributed by atoms with E-state index >= 15 is 0 Å². The molecule has 2 aliphatic rings. The lowest BCUT2D eigenvalue weighted by Gasteiger charge is -2.29. The maximum Gasteiger partial charge on any atom is 0.228 e. The monoisotopic (exact) mass is 330 g/mol. The van der Waals surface area contributed by atoms with E-state index in [1.54, 1.807) is 4.90 Å². The molecule has 2 heterocycles. The third-order valence-corrected chi connectivity index (χ3v) is 4.76. The molecule has 0 bridgehead atoms. The topological polar surface area (TPSA) is 49.9 Å². The first-order valence-electron chi connectivity index (χ1n) is 9.01. The van der Waals surface area contributed by atoms with Gasteiger partial charge in [-0.2, -0.15) is 0 Å². The van der Waals surface area contributed by atoms with E-state index in [2.05, 4.69) is 6.92 Å². The molecule has 1 aromatic carbocycles. The van der Waals surface area contributed by atoms with Crippen LogP contribution in [0.15, 0.2) is 24.3 Å². The number of likely N-dealkylation sites (tertiary alicyclic amines) is 1. The van der Waals surface area contributed by atoms with E-state index in [0.717, 1.165) is 43.8 Å². The van der Waals surface area contributed by atoms with Crippen LogP contribution in [0.4, 0.5) is 5.69 Å². The van der Waals surface area contributed by atoms with Crippen LogP contribution in [-0.4, -0.2) is 43.0 Å². The Labute approximate surface area is 143 Å². The highest BCUT2D eigenvalue weighted by Gasteiger charge is 2.37. The molecule has 2 aliphatic heterocycles. The number of carbonyl (C=O) groups is 2. The summed E-state index contributed by atoms with van der Waals surface area (Å²) in [5.41, 5.74) is 0.845. The summed E-state index contributed by atoms with van der Waals surface area (Å²) in [6, 6.07) is 7.57. The van der Waals surface area contributed by atoms with Gasteiger partial charge >= 0.3 is 0 Å². The van der Waals surface area contributed by atoms with Gasteiger partial charge in [0.2, 0.25) is 11.8 Å². The van der Waals surface area contributed by atoms with Crippen molar-refractivity contribution in [1.82, 2.24) is 4.90 Å². The Kier molecular flexibility index (Phi) is 5.38. The van der Waals surface area contributed by atoms with Crippen molar-refractivity contribution >= 4 is 17.5 Å². The second-order valence-electron chi connectivity index (χ2n) is 6.63. The molecular weight excluding hydrogens is 304 g/mol. The van der Waals surface area contributed by atoms with Crippen LogP contribution in [0.1, 0.15) is 39.0 Å². The molecule has 0 saturated carbocycles. The number of benzene rings is 1. The highest BCUT2D eigenvalue weighted by Crippen LogP contribution is 2.28. The van der Waals surface area contributed by atoms with Crippen molar-refractivity contribution in [2.45, 2.75) is 39.0 Å². The zero-order chi connectivity index (χ0) is 16.9. The molecule has 0 aliphatic carbocycles. The fraction of sp³-hybridized carbons (Fsp3) is 0.579. The van der Waals surface area contributed by atoms with E-state index in [1.807, 2.05) is 29.2 Å². The Bertz CT molecular complexity index is 579. The van der Waals surface area contributed by atoms with Crippen LogP contribution in [0.5, 0.6) is 5.75 Å². The van der Waals surface area contributed by atoms with Crippen LogP contribution in [0, 0.1) is 5.92 Å². The molecule has 2 saturated heterocycles. The van der Waals surface area contributed by atoms with Gasteiger partial charge in [0.1, 0.15) is 5.75 Å². The molecule has 0 radical (unpaired) electrons. The first kappa shape index (κ1) is 16.8. The van der Waals surface area contributed by atoms with Gasteiger partial charge in [0.15, 0.2) is 0 Å². The van der Waals surface area contributed by atoms with Crippen LogP contribution < -0.4 is 9.64 Å². The number of ether oxygens (including phenoxy) is 1. The molecule has 2 amide bonds. The number of amides is 2. The third kappa shape index (κ3) is 3.71. The Morgan fingerprint density at radius 2 is 1.88 bits per heavy atom. The number of hydrogen-bond donors (Lipinski definition) is 0. The molecular formula is C19H26N2O3. The Hall–Kier alpha value is -2.04. The molecule has 24 heavy (non-hydrogen) atoms. The summed E-state index contributed by atoms with van der Waals surface area (Å²) in [4.78, 5) is 28.6. The zero-order valence-electron chi connectivity index (χ0n) is 14.4. The lowest BCUT2D eigenvalue weighted by atomic mass is 10.0. The summed E-state index contributed by atoms with van der Waals surface area (Å²) >= 11 is 0. The summed E-state index contributed by atoms with van der Waals surface area (Å²) in [6.45, 7) is 4.93. The molecule has 130 valence electrons. The fourth-order valence-electron chi connectivity index (χ4n) is 3.44. The van der Waals surface area contributed by atoms with Crippen molar-refractivity contribution in [2.75, 3.05) is 31.1 Å². The normalized spacial score (nSPS) is 21.2. The van der Waals surface area contributed by atoms with Crippen LogP contribution in [-0.2, 0) is 9.59 Å². The highest BCUT2D eigenvalue weighted by atomic mass is 16.5. The smallest absolute Gasteiger partial charge is 0.228 e. The molecule has 0 unspecified atom stereocenters. The predicted octanol–water partition coefficient (Wildman–Crippen LogP) is 2.84. The molecule has 1 aromatic rings. The minimum atomic E-state index is -0.202. The van der Waals surface area contributed by atoms with E-state index in [1.165, 1.54) is 6.42 Å². The van der Waals surface area contributed by atoms with Crippen molar-refractivity contribution < 1.29 is 14.3 Å². The molecule has 2 fully saturated rings. The maximum atomic E-state index is 12.6. The molecule has 0 N–H and O–H groups in total. The Morgan fingerprint density at radius 1 is 1.17 bits per heavy atom. The second kappa shape index (κ2) is 7.69. The number of rotatable bonds is 5. The van der Waals surface area contributed by atoms with Gasteiger partial charge in [0, 0.05) is 31.7 Å². The van der Waals surface area contributed by atoms with Crippen LogP contribution in [0.2, 0.25) is 0 Å². The molecule has 5 nitrogen and oxygen atoms in total. The van der Waals surface area contributed by atoms with Gasteiger partial charge in [-0.1, -0.05) is 6.92 Å². The molecule has 3 rings (SSSR count). The predicted molar refractivity (Wildman–Crippen MR) is 93.1 cm³/mol. The van der Waals surface area contributed by atoms with Gasteiger partial charge in [0.05, 0.1) is 12.5 Å². The number of piperidine rings is 1. The summed E-state index contributed by atoms with van der Waals surface area (Å²) in [5, 5.41) is 0. The molecule has 0 aromatic heterocycles. The summed E-state index contributed by atoms with van der Waals surface area (Å²) in [5.74, 6) is 0.792. The van der Waals surface area contributed by atoms with Gasteiger partial charge in [0.25, 0.3) is 0 Å². The van der Waals surface area contributed by atoms with Crippen LogP contribution >= 0.6 is 0 Å². The van der Waals surface area contributed by atoms with Gasteiger partial charge in [-0.15, -0.1) is 0 Å². The van der Waals surface area contributed by atoms with Crippen molar-refractivity contribution in [1.29, 1.82) is 0 Å². The lowest BCUT2D eigenvalue weighted by Crippen LogP contribution is -2.40. The van der Waals surface area contributed by atoms with E-state index in [0.29, 0.717) is 19.6 Å². The lowest BCUT2D eigenvalue weighted by molar-refractivity contribution is -0.136. The van der Waals surface area contributed by atoms with Crippen molar-refractivity contribution in [2.24, 2.45) is 5.92 Å². The van der Waals surface area contributed by atoms with Gasteiger partial charge < -0.3 is 14.5 Å². The van der Waals surface area contributed by atoms with Crippen molar-refractivity contribution in [3.63, 3.8) is 0 Å². The Balaban J connectivity index is 1.62. The van der Waals surface area contributed by atoms with Gasteiger partial charge in [-0.05, 0) is 49.9 Å². The quantitative estimate of drug-likeness (QED) is 0.834. The summed E-state index contributed by atoms with van der Waals surface area (Å²) in [7, 11) is 0. The largest absolute Gasteiger partial charge is 0.494 e. The Morgan fingerprint density at radius 3 is 2.54 bits per heavy atom. The summed E-state index contributed by atoms with van der Waals surface area (Å²) < 4.78 is 5.57. The number of hydrogen-bond acceptors (Lipinski definition) is 3. The maximum absolute atomic E-state index is 12.6. The second-order valence-corrected chi connectivity index (χ2v) is 6.63. The standard InChI is InChI=1S/C19H26N2O3/c1-2-12-24-17-8-6-16(7-9-17)21-14-15(13-18(21)22)19(23)20-10-4-3-5-11-20/h6-9,15H,2-5,10-14H2,1H3/t15-/m1/s1. The van der Waals surface area contributed by atoms with Crippen molar-refractivity contribution in [3.8, 4) is 5.75 Å². The highest BCUT2D eigenvalue weighted by molar-refractivity contribution is 6.00. The first-order chi connectivity index (χ1) is 11.7. The first-order valence-corrected chi connectivity index (χ1v) is 9.01. The van der Waals surface area contributed by atoms with Crippen LogP contribution in [0.25, 0.3) is 0 Å². The third-order valence-electron chi connectivity index (χ3n) is 4.76. The van der Waals surface area contributed by atoms with Crippen LogP contribution in [0.3, 0.4) is 0 Å². The molecule has 1 atom stereocenters. The zero-order valence-corrected chi connectivity index (χ0v) is 14.4. The van der Waals surface area contributed by atoms with E-state index in [-0.39, 0.29) is 17.7 Å². The van der Waals surface area contributed by atoms with E-state index < -0.39 is 0 Å². The van der Waals surface area contributed by atoms with Crippen molar-refractivity contribution in [3.05, 3.63) is 24.3 Å². The molecule has 5 heteroatoms. The van der Waals surface area contributed by atoms with Gasteiger partial charge in [-0.25, -0.2) is 0 Å². The van der Waals surface area contributed by atoms with E-state index in [4.69, 9.17) is 4.74 Å². The minimum absolute atomic E-state index is 0.0348. The fourth-order valence-corrected chi connectivity index (χ4v) is 3.44. The van der Waals surface area contributed by atoms with Gasteiger partial charge in [-0.3, -0.25) is 9.59 Å². The number of carbonyl (C=O) groups excluding carboxylic acids is 2. The summed E-state index contributed by atoms with van der Waals surface area (Å²) in [6.07, 6.45) is 4.65.